The molecule has 1 rings (SSSR count). The van der Waals surface area contributed by atoms with Crippen molar-refractivity contribution in [2.24, 2.45) is 0 Å². The quantitative estimate of drug-likeness (QED) is 0.721. The lowest BCUT2D eigenvalue weighted by molar-refractivity contribution is 0.476. The molecule has 7 heteroatoms. The molecule has 0 aliphatic rings. The predicted molar refractivity (Wildman–Crippen MR) is 76.4 cm³/mol. The minimum Gasteiger partial charge on any atom is -0.397 e. The summed E-state index contributed by atoms with van der Waals surface area (Å²) in [5, 5.41) is 3.65. The van der Waals surface area contributed by atoms with Crippen LogP contribution in [0.25, 0.3) is 0 Å². The summed E-state index contributed by atoms with van der Waals surface area (Å²) in [5.74, 6) is 0. The molecule has 0 unspecified atom stereocenters. The van der Waals surface area contributed by atoms with Crippen LogP contribution in [-0.4, -0.2) is 26.8 Å². The van der Waals surface area contributed by atoms with Crippen LogP contribution in [0.5, 0.6) is 0 Å². The minimum atomic E-state index is -3.25. The van der Waals surface area contributed by atoms with Gasteiger partial charge in [-0.2, -0.15) is 0 Å². The number of sulfonamides is 1. The highest BCUT2D eigenvalue weighted by Gasteiger charge is 2.22. The normalized spacial score (nSPS) is 12.4. The van der Waals surface area contributed by atoms with Crippen LogP contribution in [0.3, 0.4) is 0 Å². The van der Waals surface area contributed by atoms with Gasteiger partial charge in [-0.05, 0) is 32.0 Å². The lowest BCUT2D eigenvalue weighted by Gasteiger charge is -2.26. The van der Waals surface area contributed by atoms with Crippen molar-refractivity contribution in [3.63, 3.8) is 0 Å². The van der Waals surface area contributed by atoms with Gasteiger partial charge in [-0.25, -0.2) is 13.1 Å². The van der Waals surface area contributed by atoms with Crippen LogP contribution >= 0.6 is 11.6 Å². The number of rotatable bonds is 5. The van der Waals surface area contributed by atoms with Crippen LogP contribution in [0.2, 0.25) is 5.02 Å². The van der Waals surface area contributed by atoms with Crippen molar-refractivity contribution in [3.05, 3.63) is 23.2 Å². The van der Waals surface area contributed by atoms with Gasteiger partial charge >= 0.3 is 0 Å². The maximum atomic E-state index is 11.2. The molecule has 0 aromatic heterocycles. The summed E-state index contributed by atoms with van der Waals surface area (Å²) in [6, 6.07) is 5.09. The van der Waals surface area contributed by atoms with E-state index < -0.39 is 15.6 Å². The van der Waals surface area contributed by atoms with Gasteiger partial charge in [-0.1, -0.05) is 11.6 Å². The van der Waals surface area contributed by atoms with E-state index >= 15 is 0 Å². The Bertz CT molecular complexity index is 529. The Kier molecular flexibility index (Phi) is 4.47. The molecule has 0 spiro atoms. The van der Waals surface area contributed by atoms with Crippen LogP contribution in [0, 0.1) is 0 Å². The maximum Gasteiger partial charge on any atom is 0.209 e. The molecule has 0 heterocycles. The molecular formula is C11H18ClN3O2S. The second-order valence-electron chi connectivity index (χ2n) is 4.84. The van der Waals surface area contributed by atoms with Crippen LogP contribution in [0.1, 0.15) is 13.8 Å². The van der Waals surface area contributed by atoms with E-state index in [4.69, 9.17) is 17.3 Å². The number of benzene rings is 1. The van der Waals surface area contributed by atoms with Gasteiger partial charge in [0, 0.05) is 17.1 Å². The number of nitrogens with one attached hydrogen (secondary N) is 2. The van der Waals surface area contributed by atoms with Gasteiger partial charge in [-0.15, -0.1) is 0 Å². The number of nitrogen functional groups attached to an aromatic ring is 1. The van der Waals surface area contributed by atoms with Crippen LogP contribution < -0.4 is 15.8 Å². The zero-order valence-electron chi connectivity index (χ0n) is 10.6. The average Bonchev–Trinajstić information content (AvgIpc) is 2.16. The number of nitrogens with two attached hydrogens (primary N) is 1. The highest BCUT2D eigenvalue weighted by atomic mass is 35.5. The number of halogens is 1. The lowest BCUT2D eigenvalue weighted by atomic mass is 10.1. The van der Waals surface area contributed by atoms with E-state index in [9.17, 15) is 8.42 Å². The molecule has 18 heavy (non-hydrogen) atoms. The molecule has 4 N–H and O–H groups in total. The topological polar surface area (TPSA) is 84.2 Å². The van der Waals surface area contributed by atoms with Gasteiger partial charge in [0.05, 0.1) is 17.6 Å². The molecule has 0 aliphatic carbocycles. The molecule has 0 bridgehead atoms. The van der Waals surface area contributed by atoms with E-state index in [-0.39, 0.29) is 0 Å². The van der Waals surface area contributed by atoms with Crippen molar-refractivity contribution in [1.82, 2.24) is 4.72 Å². The predicted octanol–water partition coefficient (Wildman–Crippen LogP) is 1.66. The van der Waals surface area contributed by atoms with Gasteiger partial charge in [0.2, 0.25) is 10.0 Å². The summed E-state index contributed by atoms with van der Waals surface area (Å²) in [5.41, 5.74) is 6.41. The fraction of sp³-hybridized carbons (Fsp3) is 0.455. The lowest BCUT2D eigenvalue weighted by Crippen LogP contribution is -2.47. The summed E-state index contributed by atoms with van der Waals surface area (Å²) < 4.78 is 24.9. The van der Waals surface area contributed by atoms with Crippen molar-refractivity contribution in [2.75, 3.05) is 23.9 Å². The monoisotopic (exact) mass is 291 g/mol. The van der Waals surface area contributed by atoms with E-state index in [1.54, 1.807) is 32.0 Å². The minimum absolute atomic E-state index is 0.393. The third-order valence-electron chi connectivity index (χ3n) is 2.20. The Labute approximate surface area is 113 Å². The Morgan fingerprint density at radius 1 is 1.39 bits per heavy atom. The fourth-order valence-corrected chi connectivity index (χ4v) is 2.78. The molecule has 0 radical (unpaired) electrons. The van der Waals surface area contributed by atoms with Crippen LogP contribution in [0.15, 0.2) is 18.2 Å². The van der Waals surface area contributed by atoms with Crippen molar-refractivity contribution in [3.8, 4) is 0 Å². The van der Waals surface area contributed by atoms with E-state index in [1.165, 1.54) is 0 Å². The largest absolute Gasteiger partial charge is 0.397 e. The first-order valence-electron chi connectivity index (χ1n) is 5.37. The molecule has 0 saturated heterocycles. The van der Waals surface area contributed by atoms with Crippen LogP contribution in [0.4, 0.5) is 11.4 Å². The molecule has 0 saturated carbocycles. The third-order valence-corrected chi connectivity index (χ3v) is 3.36. The number of hydrogen-bond donors (Lipinski definition) is 3. The first-order chi connectivity index (χ1) is 8.09. The summed E-state index contributed by atoms with van der Waals surface area (Å²) in [6.45, 7) is 3.95. The first kappa shape index (κ1) is 15.1. The zero-order valence-corrected chi connectivity index (χ0v) is 12.2. The molecule has 0 amide bonds. The summed E-state index contributed by atoms with van der Waals surface area (Å²) in [4.78, 5) is 0. The molecule has 0 aliphatic heterocycles. The summed E-state index contributed by atoms with van der Waals surface area (Å²) >= 11 is 5.87. The summed E-state index contributed by atoms with van der Waals surface area (Å²) in [6.07, 6.45) is 1.13. The van der Waals surface area contributed by atoms with Gasteiger partial charge in [0.15, 0.2) is 0 Å². The van der Waals surface area contributed by atoms with Crippen molar-refractivity contribution in [1.29, 1.82) is 0 Å². The van der Waals surface area contributed by atoms with Gasteiger partial charge in [-0.3, -0.25) is 0 Å². The average molecular weight is 292 g/mol. The van der Waals surface area contributed by atoms with E-state index in [0.29, 0.717) is 22.9 Å². The van der Waals surface area contributed by atoms with Gasteiger partial charge in [0.1, 0.15) is 0 Å². The van der Waals surface area contributed by atoms with Crippen molar-refractivity contribution >= 4 is 33.0 Å². The second-order valence-corrected chi connectivity index (χ2v) is 7.03. The molecule has 102 valence electrons. The highest BCUT2D eigenvalue weighted by molar-refractivity contribution is 7.88. The third kappa shape index (κ3) is 5.12. The first-order valence-corrected chi connectivity index (χ1v) is 7.64. The molecular weight excluding hydrogens is 274 g/mol. The molecule has 0 atom stereocenters. The van der Waals surface area contributed by atoms with E-state index in [0.717, 1.165) is 6.26 Å². The zero-order chi connectivity index (χ0) is 14.0. The Morgan fingerprint density at radius 2 is 2.00 bits per heavy atom. The molecule has 1 aromatic carbocycles. The smallest absolute Gasteiger partial charge is 0.209 e. The van der Waals surface area contributed by atoms with E-state index in [1.807, 2.05) is 0 Å². The van der Waals surface area contributed by atoms with Crippen LogP contribution in [-0.2, 0) is 10.0 Å². The summed E-state index contributed by atoms with van der Waals surface area (Å²) in [7, 11) is -3.25. The fourth-order valence-electron chi connectivity index (χ4n) is 1.54. The molecule has 5 nitrogen and oxygen atoms in total. The maximum absolute atomic E-state index is 11.2. The molecule has 1 aromatic rings. The van der Waals surface area contributed by atoms with Gasteiger partial charge < -0.3 is 11.1 Å². The standard InChI is InChI=1S/C11H18ClN3O2S/c1-11(2,15-18(3,16)17)7-14-10-6-8(12)4-5-9(10)13/h4-6,14-15H,7,13H2,1-3H3. The highest BCUT2D eigenvalue weighted by Crippen LogP contribution is 2.23. The van der Waals surface area contributed by atoms with E-state index in [2.05, 4.69) is 10.0 Å². The Balaban J connectivity index is 2.72. The SMILES string of the molecule is CC(C)(CNc1cc(Cl)ccc1N)NS(C)(=O)=O. The van der Waals surface area contributed by atoms with Crippen molar-refractivity contribution in [2.45, 2.75) is 19.4 Å². The molecule has 0 fully saturated rings. The number of anilines is 2. The van der Waals surface area contributed by atoms with Gasteiger partial charge in [0.25, 0.3) is 0 Å². The Hall–Kier alpha value is -0.980. The van der Waals surface area contributed by atoms with Crippen molar-refractivity contribution < 1.29 is 8.42 Å². The second kappa shape index (κ2) is 5.34. The Morgan fingerprint density at radius 3 is 2.56 bits per heavy atom. The number of hydrogen-bond acceptors (Lipinski definition) is 4.